The van der Waals surface area contributed by atoms with E-state index in [4.69, 9.17) is 5.11 Å². The average molecular weight is 204 g/mol. The van der Waals surface area contributed by atoms with Gasteiger partial charge in [0, 0.05) is 0 Å². The Morgan fingerprint density at radius 3 is 2.46 bits per heavy atom. The monoisotopic (exact) mass is 204 g/mol. The van der Waals surface area contributed by atoms with Gasteiger partial charge in [0.15, 0.2) is 11.9 Å². The van der Waals surface area contributed by atoms with E-state index in [-0.39, 0.29) is 17.1 Å². The molecule has 1 aliphatic rings. The second-order valence-electron chi connectivity index (χ2n) is 4.00. The molecule has 1 heterocycles. The maximum atomic E-state index is 10.6. The number of aliphatic carboxylic acids is 1. The third-order valence-corrected chi connectivity index (χ3v) is 2.78. The average Bonchev–Trinajstić information content (AvgIpc) is 1.93. The number of hydrogen-bond donors (Lipinski definition) is 2. The Hall–Kier alpha value is -0.710. The van der Waals surface area contributed by atoms with Crippen molar-refractivity contribution in [1.82, 2.24) is 0 Å². The third kappa shape index (κ3) is 2.37. The molecule has 0 saturated heterocycles. The molecule has 0 spiro atoms. The summed E-state index contributed by atoms with van der Waals surface area (Å²) >= 11 is 1.35. The highest BCUT2D eigenvalue weighted by atomic mass is 32.2. The van der Waals surface area contributed by atoms with E-state index in [1.807, 2.05) is 20.8 Å². The summed E-state index contributed by atoms with van der Waals surface area (Å²) in [4.78, 5) is 10.6. The fraction of sp³-hybridized carbons (Fsp3) is 0.750. The predicted octanol–water partition coefficient (Wildman–Crippen LogP) is 1.26. The summed E-state index contributed by atoms with van der Waals surface area (Å²) in [5.41, 5.74) is 0. The van der Waals surface area contributed by atoms with Gasteiger partial charge in [0.2, 0.25) is 0 Å². The molecule has 0 radical (unpaired) electrons. The molecule has 0 aliphatic carbocycles. The first-order valence-electron chi connectivity index (χ1n) is 4.07. The largest absolute Gasteiger partial charge is 0.476 e. The minimum atomic E-state index is -0.880. The zero-order chi connectivity index (χ0) is 10.2. The van der Waals surface area contributed by atoms with Gasteiger partial charge in [-0.2, -0.15) is 0 Å². The fourth-order valence-electron chi connectivity index (χ4n) is 1.01. The molecule has 0 saturated carbocycles. The van der Waals surface area contributed by atoms with Crippen LogP contribution in [-0.4, -0.2) is 36.8 Å². The highest BCUT2D eigenvalue weighted by Crippen LogP contribution is 2.30. The zero-order valence-electron chi connectivity index (χ0n) is 7.94. The Kier molecular flexibility index (Phi) is 2.56. The van der Waals surface area contributed by atoms with Crippen molar-refractivity contribution in [3.8, 4) is 0 Å². The Bertz CT molecular complexity index is 267. The molecule has 5 heteroatoms. The molecule has 74 valence electrons. The van der Waals surface area contributed by atoms with Crippen molar-refractivity contribution in [3.05, 3.63) is 0 Å². The van der Waals surface area contributed by atoms with E-state index in [1.54, 1.807) is 0 Å². The van der Waals surface area contributed by atoms with Crippen LogP contribution in [0.25, 0.3) is 0 Å². The molecular weight excluding hydrogens is 190 g/mol. The maximum absolute atomic E-state index is 10.6. The molecule has 0 aromatic heterocycles. The van der Waals surface area contributed by atoms with Gasteiger partial charge < -0.3 is 10.2 Å². The second kappa shape index (κ2) is 3.21. The fourth-order valence-corrected chi connectivity index (χ4v) is 2.07. The number of hydrogen-bond acceptors (Lipinski definition) is 2. The lowest BCUT2D eigenvalue weighted by Crippen LogP contribution is -2.46. The predicted molar refractivity (Wildman–Crippen MR) is 51.3 cm³/mol. The highest BCUT2D eigenvalue weighted by Gasteiger charge is 2.47. The van der Waals surface area contributed by atoms with Crippen LogP contribution in [0.15, 0.2) is 0 Å². The minimum absolute atomic E-state index is 0.0812. The third-order valence-electron chi connectivity index (χ3n) is 1.57. The van der Waals surface area contributed by atoms with Gasteiger partial charge in [-0.25, -0.2) is 4.79 Å². The molecule has 0 fully saturated rings. The quantitative estimate of drug-likeness (QED) is 0.525. The number of aliphatic hydroxyl groups is 1. The van der Waals surface area contributed by atoms with Gasteiger partial charge in [0.05, 0.1) is 4.75 Å². The van der Waals surface area contributed by atoms with E-state index < -0.39 is 12.0 Å². The SMILES string of the molecule is CC(C)(C)S[N+]1=C(O)C[C@@H]1C(=O)O. The number of carboxylic acids is 1. The molecule has 0 amide bonds. The summed E-state index contributed by atoms with van der Waals surface area (Å²) in [5, 5.41) is 18.0. The van der Waals surface area contributed by atoms with Crippen molar-refractivity contribution in [2.75, 3.05) is 0 Å². The summed E-state index contributed by atoms with van der Waals surface area (Å²) in [6.07, 6.45) is 0.248. The number of nitrogens with zero attached hydrogens (tertiary/aromatic N) is 1. The maximum Gasteiger partial charge on any atom is 0.375 e. The van der Waals surface area contributed by atoms with Gasteiger partial charge in [-0.3, -0.25) is 0 Å². The van der Waals surface area contributed by atoms with E-state index in [9.17, 15) is 9.90 Å². The number of aliphatic hydroxyl groups excluding tert-OH is 1. The summed E-state index contributed by atoms with van der Waals surface area (Å²) in [6.45, 7) is 5.92. The van der Waals surface area contributed by atoms with Gasteiger partial charge >= 0.3 is 11.9 Å². The summed E-state index contributed by atoms with van der Waals surface area (Å²) in [7, 11) is 0. The molecule has 0 unspecified atom stereocenters. The lowest BCUT2D eigenvalue weighted by molar-refractivity contribution is -0.432. The standard InChI is InChI=1S/C8H13NO3S/c1-8(2,3)13-9-5(7(11)12)4-6(9)10/h5H,4H2,1-3H3,(H,11,12)/p+1/t5-/m1/s1. The van der Waals surface area contributed by atoms with Crippen LogP contribution in [0.4, 0.5) is 0 Å². The van der Waals surface area contributed by atoms with Crippen LogP contribution < -0.4 is 0 Å². The first kappa shape index (κ1) is 10.4. The molecular formula is C8H14NO3S+. The second-order valence-corrected chi connectivity index (χ2v) is 5.80. The number of carbonyl (C=O) groups is 1. The Morgan fingerprint density at radius 2 is 2.15 bits per heavy atom. The van der Waals surface area contributed by atoms with E-state index in [2.05, 4.69) is 0 Å². The smallest absolute Gasteiger partial charge is 0.375 e. The summed E-state index contributed by atoms with van der Waals surface area (Å²) < 4.78 is 1.38. The highest BCUT2D eigenvalue weighted by molar-refractivity contribution is 7.94. The van der Waals surface area contributed by atoms with E-state index in [0.717, 1.165) is 0 Å². The topological polar surface area (TPSA) is 60.5 Å². The number of carboxylic acid groups (broad SMARTS) is 1. The first-order valence-corrected chi connectivity index (χ1v) is 4.84. The molecule has 1 rings (SSSR count). The van der Waals surface area contributed by atoms with Gasteiger partial charge in [0.25, 0.3) is 6.04 Å². The van der Waals surface area contributed by atoms with Crippen molar-refractivity contribution < 1.29 is 19.0 Å². The molecule has 4 nitrogen and oxygen atoms in total. The Labute approximate surface area is 81.4 Å². The van der Waals surface area contributed by atoms with Gasteiger partial charge in [-0.05, 0) is 20.8 Å². The normalized spacial score (nSPS) is 22.8. The van der Waals surface area contributed by atoms with Crippen molar-refractivity contribution in [2.45, 2.75) is 38.0 Å². The molecule has 0 bridgehead atoms. The first-order chi connectivity index (χ1) is 5.81. The lowest BCUT2D eigenvalue weighted by Gasteiger charge is -2.22. The number of rotatable bonds is 2. The van der Waals surface area contributed by atoms with Crippen molar-refractivity contribution >= 4 is 23.8 Å². The van der Waals surface area contributed by atoms with Crippen LogP contribution in [0.1, 0.15) is 27.2 Å². The van der Waals surface area contributed by atoms with Crippen LogP contribution in [0, 0.1) is 0 Å². The van der Waals surface area contributed by atoms with Crippen LogP contribution in [0.3, 0.4) is 0 Å². The molecule has 0 aromatic rings. The van der Waals surface area contributed by atoms with Crippen molar-refractivity contribution in [3.63, 3.8) is 0 Å². The summed E-state index contributed by atoms with van der Waals surface area (Å²) in [6, 6.07) is -0.566. The van der Waals surface area contributed by atoms with Crippen LogP contribution >= 0.6 is 11.9 Å². The van der Waals surface area contributed by atoms with E-state index >= 15 is 0 Å². The van der Waals surface area contributed by atoms with Crippen molar-refractivity contribution in [2.24, 2.45) is 0 Å². The molecule has 13 heavy (non-hydrogen) atoms. The minimum Gasteiger partial charge on any atom is -0.476 e. The van der Waals surface area contributed by atoms with Gasteiger partial charge in [-0.1, -0.05) is 0 Å². The van der Waals surface area contributed by atoms with Crippen molar-refractivity contribution in [1.29, 1.82) is 0 Å². The van der Waals surface area contributed by atoms with Crippen LogP contribution in [-0.2, 0) is 4.79 Å². The summed E-state index contributed by atoms with van der Waals surface area (Å²) in [5.74, 6) is -0.720. The molecule has 1 atom stereocenters. The lowest BCUT2D eigenvalue weighted by atomic mass is 10.1. The Morgan fingerprint density at radius 1 is 1.62 bits per heavy atom. The molecule has 1 aliphatic heterocycles. The van der Waals surface area contributed by atoms with Crippen LogP contribution in [0.2, 0.25) is 0 Å². The molecule has 2 N–H and O–H groups in total. The Balaban J connectivity index is 2.69. The van der Waals surface area contributed by atoms with E-state index in [0.29, 0.717) is 0 Å². The zero-order valence-corrected chi connectivity index (χ0v) is 8.76. The van der Waals surface area contributed by atoms with Gasteiger partial charge in [-0.15, -0.1) is 3.98 Å². The molecule has 0 aromatic carbocycles. The van der Waals surface area contributed by atoms with Crippen LogP contribution in [0.5, 0.6) is 0 Å². The van der Waals surface area contributed by atoms with Gasteiger partial charge in [0.1, 0.15) is 6.42 Å². The van der Waals surface area contributed by atoms with E-state index in [1.165, 1.54) is 15.9 Å².